The number of hydrogen-bond acceptors (Lipinski definition) is 5. The summed E-state index contributed by atoms with van der Waals surface area (Å²) in [6, 6.07) is 14.7. The van der Waals surface area contributed by atoms with Gasteiger partial charge in [-0.05, 0) is 62.4 Å². The number of carbonyl (C=O) groups is 3. The van der Waals surface area contributed by atoms with E-state index in [0.717, 1.165) is 17.1 Å². The van der Waals surface area contributed by atoms with E-state index in [-0.39, 0.29) is 30.4 Å². The molecule has 2 aromatic carbocycles. The van der Waals surface area contributed by atoms with Crippen LogP contribution in [0, 0.1) is 0 Å². The van der Waals surface area contributed by atoms with Gasteiger partial charge in [-0.3, -0.25) is 9.59 Å². The average molecular weight is 482 g/mol. The molecule has 0 unspecified atom stereocenters. The second-order valence-electron chi connectivity index (χ2n) is 8.70. The normalized spacial score (nSPS) is 13.4. The van der Waals surface area contributed by atoms with Gasteiger partial charge in [-0.1, -0.05) is 6.92 Å². The summed E-state index contributed by atoms with van der Waals surface area (Å²) in [5, 5.41) is 5.79. The van der Waals surface area contributed by atoms with E-state index in [4.69, 9.17) is 4.74 Å². The maximum atomic E-state index is 12.6. The van der Waals surface area contributed by atoms with Crippen molar-refractivity contribution >= 4 is 34.9 Å². The van der Waals surface area contributed by atoms with E-state index < -0.39 is 0 Å². The number of nitrogens with zero attached hydrogens (tertiary/aromatic N) is 3. The van der Waals surface area contributed by atoms with Crippen molar-refractivity contribution in [2.75, 3.05) is 55.4 Å². The smallest absolute Gasteiger partial charge is 0.321 e. The van der Waals surface area contributed by atoms with Gasteiger partial charge in [-0.25, -0.2) is 4.79 Å². The van der Waals surface area contributed by atoms with Gasteiger partial charge in [-0.15, -0.1) is 0 Å². The van der Waals surface area contributed by atoms with Crippen LogP contribution in [0.2, 0.25) is 0 Å². The zero-order valence-corrected chi connectivity index (χ0v) is 20.9. The molecule has 0 radical (unpaired) electrons. The number of carbonyl (C=O) groups excluding carboxylic acids is 3. The van der Waals surface area contributed by atoms with E-state index in [1.807, 2.05) is 62.4 Å². The van der Waals surface area contributed by atoms with Gasteiger partial charge in [0.25, 0.3) is 0 Å². The maximum absolute atomic E-state index is 12.6. The second-order valence-corrected chi connectivity index (χ2v) is 8.70. The molecule has 1 fully saturated rings. The van der Waals surface area contributed by atoms with E-state index in [2.05, 4.69) is 15.5 Å². The lowest BCUT2D eigenvalue weighted by Gasteiger charge is -2.36. The van der Waals surface area contributed by atoms with Crippen LogP contribution in [0.4, 0.5) is 21.9 Å². The molecular weight excluding hydrogens is 446 g/mol. The quantitative estimate of drug-likeness (QED) is 0.601. The van der Waals surface area contributed by atoms with Crippen LogP contribution < -0.4 is 20.3 Å². The van der Waals surface area contributed by atoms with Crippen LogP contribution in [0.25, 0.3) is 0 Å². The number of anilines is 3. The van der Waals surface area contributed by atoms with Crippen LogP contribution in [-0.2, 0) is 9.59 Å². The first kappa shape index (κ1) is 25.9. The Balaban J connectivity index is 1.48. The number of ether oxygens (including phenoxy) is 1. The van der Waals surface area contributed by atoms with Gasteiger partial charge in [0.2, 0.25) is 11.8 Å². The molecule has 4 amide bonds. The molecule has 0 aromatic heterocycles. The Morgan fingerprint density at radius 3 is 2.03 bits per heavy atom. The Kier molecular flexibility index (Phi) is 8.94. The molecule has 9 nitrogen and oxygen atoms in total. The molecule has 2 N–H and O–H groups in total. The lowest BCUT2D eigenvalue weighted by atomic mass is 10.2. The molecule has 35 heavy (non-hydrogen) atoms. The number of amides is 4. The molecule has 1 heterocycles. The minimum absolute atomic E-state index is 0.0344. The standard InChI is InChI=1S/C26H35N5O4/c1-5-25(33)31(19(2)3)18-24(32)27-20-6-10-22(11-7-20)29-14-16-30(17-15-29)26(34)28-21-8-12-23(35-4)13-9-21/h6-13,19H,5,14-18H2,1-4H3,(H,27,32)(H,28,34). The van der Waals surface area contributed by atoms with Crippen molar-refractivity contribution in [1.82, 2.24) is 9.80 Å². The van der Waals surface area contributed by atoms with Crippen molar-refractivity contribution in [3.63, 3.8) is 0 Å². The van der Waals surface area contributed by atoms with Crippen LogP contribution in [0.3, 0.4) is 0 Å². The number of nitrogens with one attached hydrogen (secondary N) is 2. The molecule has 0 saturated carbocycles. The third-order valence-electron chi connectivity index (χ3n) is 5.98. The van der Waals surface area contributed by atoms with Crippen molar-refractivity contribution in [2.24, 2.45) is 0 Å². The highest BCUT2D eigenvalue weighted by molar-refractivity contribution is 5.94. The van der Waals surface area contributed by atoms with Crippen molar-refractivity contribution in [2.45, 2.75) is 33.2 Å². The zero-order valence-electron chi connectivity index (χ0n) is 20.9. The maximum Gasteiger partial charge on any atom is 0.321 e. The average Bonchev–Trinajstić information content (AvgIpc) is 2.87. The number of methoxy groups -OCH3 is 1. The lowest BCUT2D eigenvalue weighted by Crippen LogP contribution is -2.50. The van der Waals surface area contributed by atoms with Crippen molar-refractivity contribution in [3.05, 3.63) is 48.5 Å². The van der Waals surface area contributed by atoms with E-state index >= 15 is 0 Å². The van der Waals surface area contributed by atoms with Crippen molar-refractivity contribution in [3.8, 4) is 5.75 Å². The van der Waals surface area contributed by atoms with Crippen LogP contribution >= 0.6 is 0 Å². The van der Waals surface area contributed by atoms with Gasteiger partial charge in [0.1, 0.15) is 12.3 Å². The summed E-state index contributed by atoms with van der Waals surface area (Å²) in [7, 11) is 1.61. The van der Waals surface area contributed by atoms with Gasteiger partial charge in [0.05, 0.1) is 7.11 Å². The first-order valence-electron chi connectivity index (χ1n) is 11.9. The van der Waals surface area contributed by atoms with Gasteiger partial charge in [0, 0.05) is 55.7 Å². The van der Waals surface area contributed by atoms with E-state index in [9.17, 15) is 14.4 Å². The Bertz CT molecular complexity index is 999. The van der Waals surface area contributed by atoms with Gasteiger partial charge >= 0.3 is 6.03 Å². The van der Waals surface area contributed by atoms with Crippen LogP contribution in [-0.4, -0.2) is 73.5 Å². The molecule has 0 atom stereocenters. The lowest BCUT2D eigenvalue weighted by molar-refractivity contribution is -0.136. The van der Waals surface area contributed by atoms with Crippen molar-refractivity contribution in [1.29, 1.82) is 0 Å². The minimum Gasteiger partial charge on any atom is -0.497 e. The van der Waals surface area contributed by atoms with Crippen LogP contribution in [0.15, 0.2) is 48.5 Å². The molecule has 9 heteroatoms. The summed E-state index contributed by atoms with van der Waals surface area (Å²) in [6.45, 7) is 8.27. The molecule has 0 bridgehead atoms. The highest BCUT2D eigenvalue weighted by atomic mass is 16.5. The third kappa shape index (κ3) is 7.11. The van der Waals surface area contributed by atoms with E-state index in [1.54, 1.807) is 23.8 Å². The van der Waals surface area contributed by atoms with E-state index in [0.29, 0.717) is 38.3 Å². The Hall–Kier alpha value is -3.75. The number of hydrogen-bond donors (Lipinski definition) is 2. The molecule has 1 aliphatic rings. The molecule has 0 aliphatic carbocycles. The summed E-state index contributed by atoms with van der Waals surface area (Å²) in [6.07, 6.45) is 0.372. The van der Waals surface area contributed by atoms with Crippen molar-refractivity contribution < 1.29 is 19.1 Å². The topological polar surface area (TPSA) is 94.2 Å². The number of rotatable bonds is 8. The molecule has 1 aliphatic heterocycles. The SMILES string of the molecule is CCC(=O)N(CC(=O)Nc1ccc(N2CCN(C(=O)Nc3ccc(OC)cc3)CC2)cc1)C(C)C. The fraction of sp³-hybridized carbons (Fsp3) is 0.423. The predicted molar refractivity (Wildman–Crippen MR) is 138 cm³/mol. The van der Waals surface area contributed by atoms with Gasteiger partial charge < -0.3 is 30.1 Å². The zero-order chi connectivity index (χ0) is 25.4. The van der Waals surface area contributed by atoms with Crippen LogP contribution in [0.5, 0.6) is 5.75 Å². The highest BCUT2D eigenvalue weighted by Crippen LogP contribution is 2.21. The molecule has 2 aromatic rings. The van der Waals surface area contributed by atoms with Gasteiger partial charge in [0.15, 0.2) is 0 Å². The summed E-state index contributed by atoms with van der Waals surface area (Å²) in [4.78, 5) is 42.7. The minimum atomic E-state index is -0.218. The van der Waals surface area contributed by atoms with Crippen LogP contribution in [0.1, 0.15) is 27.2 Å². The largest absolute Gasteiger partial charge is 0.497 e. The first-order chi connectivity index (χ1) is 16.8. The molecular formula is C26H35N5O4. The Morgan fingerprint density at radius 2 is 1.49 bits per heavy atom. The number of piperazine rings is 1. The second kappa shape index (κ2) is 12.1. The highest BCUT2D eigenvalue weighted by Gasteiger charge is 2.22. The molecule has 0 spiro atoms. The fourth-order valence-corrected chi connectivity index (χ4v) is 3.92. The van der Waals surface area contributed by atoms with E-state index in [1.165, 1.54) is 0 Å². The van der Waals surface area contributed by atoms with Gasteiger partial charge in [-0.2, -0.15) is 0 Å². The summed E-state index contributed by atoms with van der Waals surface area (Å²) in [5.74, 6) is 0.485. The summed E-state index contributed by atoms with van der Waals surface area (Å²) < 4.78 is 5.14. The molecule has 1 saturated heterocycles. The monoisotopic (exact) mass is 481 g/mol. The molecule has 3 rings (SSSR count). The number of urea groups is 1. The third-order valence-corrected chi connectivity index (χ3v) is 5.98. The Labute approximate surface area is 207 Å². The summed E-state index contributed by atoms with van der Waals surface area (Å²) >= 11 is 0. The fourth-order valence-electron chi connectivity index (χ4n) is 3.92. The first-order valence-corrected chi connectivity index (χ1v) is 11.9. The predicted octanol–water partition coefficient (Wildman–Crippen LogP) is 3.63. The number of benzene rings is 2. The summed E-state index contributed by atoms with van der Waals surface area (Å²) in [5.41, 5.74) is 2.44. The Morgan fingerprint density at radius 1 is 0.914 bits per heavy atom. The molecule has 188 valence electrons.